The molecule has 0 bridgehead atoms. The second-order valence-corrected chi connectivity index (χ2v) is 3.82. The highest BCUT2D eigenvalue weighted by Gasteiger charge is 2.18. The van der Waals surface area contributed by atoms with Crippen molar-refractivity contribution in [3.63, 3.8) is 0 Å². The molecule has 1 aliphatic rings. The third-order valence-electron chi connectivity index (χ3n) is 2.59. The number of hydrogen-bond donors (Lipinski definition) is 2. The number of carbonyl (C=O) groups is 1. The number of hydrazine groups is 1. The number of methoxy groups -OCH3 is 1. The number of alkyl halides is 2. The summed E-state index contributed by atoms with van der Waals surface area (Å²) >= 11 is 0. The Labute approximate surface area is 113 Å². The Morgan fingerprint density at radius 2 is 1.90 bits per heavy atom. The van der Waals surface area contributed by atoms with Gasteiger partial charge in [-0.15, -0.1) is 0 Å². The van der Waals surface area contributed by atoms with E-state index in [-0.39, 0.29) is 5.88 Å². The average Bonchev–Trinajstić information content (AvgIpc) is 2.46. The number of rotatable bonds is 5. The van der Waals surface area contributed by atoms with E-state index in [0.717, 1.165) is 11.8 Å². The zero-order chi connectivity index (χ0) is 14.5. The van der Waals surface area contributed by atoms with Crippen molar-refractivity contribution < 1.29 is 23.0 Å². The van der Waals surface area contributed by atoms with Crippen molar-refractivity contribution in [1.82, 2.24) is 10.9 Å². The van der Waals surface area contributed by atoms with Gasteiger partial charge in [0.05, 0.1) is 7.11 Å². The van der Waals surface area contributed by atoms with Crippen LogP contribution >= 0.6 is 0 Å². The van der Waals surface area contributed by atoms with Crippen LogP contribution in [-0.4, -0.2) is 20.0 Å². The molecule has 0 aliphatic carbocycles. The van der Waals surface area contributed by atoms with Crippen molar-refractivity contribution >= 4 is 12.0 Å². The highest BCUT2D eigenvalue weighted by atomic mass is 19.3. The smallest absolute Gasteiger partial charge is 0.388 e. The van der Waals surface area contributed by atoms with Gasteiger partial charge in [0, 0.05) is 17.2 Å². The van der Waals surface area contributed by atoms with E-state index in [1.807, 2.05) is 0 Å². The lowest BCUT2D eigenvalue weighted by atomic mass is 10.1. The molecule has 2 N–H and O–H groups in total. The maximum Gasteiger partial charge on any atom is 0.388 e. The summed E-state index contributed by atoms with van der Waals surface area (Å²) in [6.45, 7) is -2.93. The van der Waals surface area contributed by atoms with Crippen LogP contribution in [0.4, 0.5) is 8.78 Å². The van der Waals surface area contributed by atoms with E-state index < -0.39 is 6.61 Å². The number of benzene rings is 1. The van der Waals surface area contributed by atoms with E-state index in [1.165, 1.54) is 13.2 Å². The fourth-order valence-electron chi connectivity index (χ4n) is 1.68. The van der Waals surface area contributed by atoms with Crippen LogP contribution in [0.3, 0.4) is 0 Å². The van der Waals surface area contributed by atoms with Gasteiger partial charge in [0.1, 0.15) is 17.7 Å². The summed E-state index contributed by atoms with van der Waals surface area (Å²) in [5.41, 5.74) is 7.03. The van der Waals surface area contributed by atoms with Crippen LogP contribution in [0.1, 0.15) is 15.9 Å². The van der Waals surface area contributed by atoms with Crippen LogP contribution in [0, 0.1) is 0 Å². The fraction of sp³-hybridized carbons (Fsp3) is 0.154. The molecule has 1 heterocycles. The van der Waals surface area contributed by atoms with Crippen LogP contribution in [0.25, 0.3) is 5.70 Å². The van der Waals surface area contributed by atoms with E-state index in [2.05, 4.69) is 15.6 Å². The van der Waals surface area contributed by atoms with Crippen LogP contribution in [-0.2, 0) is 9.47 Å². The first-order valence-electron chi connectivity index (χ1n) is 5.66. The van der Waals surface area contributed by atoms with Crippen molar-refractivity contribution in [1.29, 1.82) is 0 Å². The van der Waals surface area contributed by atoms with Crippen molar-refractivity contribution in [2.45, 2.75) is 6.61 Å². The van der Waals surface area contributed by atoms with Crippen molar-refractivity contribution in [3.8, 4) is 0 Å². The SMILES string of the molecule is COC1=C(c2ccc(C=O)cc2)NNC(OC(F)F)=C1. The number of nitrogens with one attached hydrogen (secondary N) is 2. The molecule has 0 atom stereocenters. The number of carbonyl (C=O) groups excluding carboxylic acids is 1. The molecule has 106 valence electrons. The minimum atomic E-state index is -2.93. The molecular formula is C13H12F2N2O3. The highest BCUT2D eigenvalue weighted by Crippen LogP contribution is 2.22. The van der Waals surface area contributed by atoms with Gasteiger partial charge < -0.3 is 9.47 Å². The number of halogens is 2. The molecule has 0 aromatic heterocycles. The summed E-state index contributed by atoms with van der Waals surface area (Å²) in [6, 6.07) is 6.69. The lowest BCUT2D eigenvalue weighted by molar-refractivity contribution is -0.103. The zero-order valence-electron chi connectivity index (χ0n) is 10.5. The summed E-state index contributed by atoms with van der Waals surface area (Å²) in [5.74, 6) is 0.184. The maximum atomic E-state index is 12.1. The molecule has 0 unspecified atom stereocenters. The molecule has 0 fully saturated rings. The van der Waals surface area contributed by atoms with Gasteiger partial charge in [-0.1, -0.05) is 24.3 Å². The summed E-state index contributed by atoms with van der Waals surface area (Å²) in [7, 11) is 1.42. The minimum Gasteiger partial charge on any atom is -0.494 e. The van der Waals surface area contributed by atoms with Crippen molar-refractivity contribution in [2.75, 3.05) is 7.11 Å². The van der Waals surface area contributed by atoms with Gasteiger partial charge >= 0.3 is 6.61 Å². The standard InChI is InChI=1S/C13H12F2N2O3/c1-19-10-6-11(20-13(14)15)16-17-12(10)9-4-2-8(7-18)3-5-9/h2-7,13,16-17H,1H3. The van der Waals surface area contributed by atoms with E-state index >= 15 is 0 Å². The molecule has 20 heavy (non-hydrogen) atoms. The summed E-state index contributed by atoms with van der Waals surface area (Å²) in [5, 5.41) is 0. The Balaban J connectivity index is 2.30. The Hall–Kier alpha value is -2.57. The molecule has 0 saturated heterocycles. The van der Waals surface area contributed by atoms with Gasteiger partial charge in [-0.05, 0) is 0 Å². The molecule has 0 spiro atoms. The quantitative estimate of drug-likeness (QED) is 0.809. The molecule has 1 aromatic rings. The summed E-state index contributed by atoms with van der Waals surface area (Å²) in [4.78, 5) is 10.6. The molecule has 7 heteroatoms. The molecular weight excluding hydrogens is 270 g/mol. The van der Waals surface area contributed by atoms with Crippen LogP contribution in [0.5, 0.6) is 0 Å². The van der Waals surface area contributed by atoms with Gasteiger partial charge in [-0.2, -0.15) is 8.78 Å². The van der Waals surface area contributed by atoms with E-state index in [1.54, 1.807) is 24.3 Å². The second-order valence-electron chi connectivity index (χ2n) is 3.82. The number of ether oxygens (including phenoxy) is 2. The molecule has 0 amide bonds. The van der Waals surface area contributed by atoms with Crippen molar-refractivity contribution in [2.24, 2.45) is 0 Å². The second kappa shape index (κ2) is 6.05. The topological polar surface area (TPSA) is 59.6 Å². The normalized spacial score (nSPS) is 14.3. The molecule has 1 aromatic carbocycles. The Kier molecular flexibility index (Phi) is 4.19. The Bertz CT molecular complexity index is 553. The predicted molar refractivity (Wildman–Crippen MR) is 67.2 cm³/mol. The largest absolute Gasteiger partial charge is 0.494 e. The molecule has 0 saturated carbocycles. The number of aldehydes is 1. The van der Waals surface area contributed by atoms with Crippen LogP contribution < -0.4 is 10.9 Å². The molecule has 0 radical (unpaired) electrons. The minimum absolute atomic E-state index is 0.148. The average molecular weight is 282 g/mol. The monoisotopic (exact) mass is 282 g/mol. The predicted octanol–water partition coefficient (Wildman–Crippen LogP) is 2.00. The first kappa shape index (κ1) is 13.9. The number of hydrogen-bond acceptors (Lipinski definition) is 5. The first-order chi connectivity index (χ1) is 9.63. The van der Waals surface area contributed by atoms with Gasteiger partial charge in [0.15, 0.2) is 0 Å². The summed E-state index contributed by atoms with van der Waals surface area (Å²) in [6.07, 6.45) is 2.04. The lowest BCUT2D eigenvalue weighted by Gasteiger charge is -2.22. The number of allylic oxidation sites excluding steroid dienone is 1. The molecule has 2 rings (SSSR count). The Morgan fingerprint density at radius 1 is 1.20 bits per heavy atom. The van der Waals surface area contributed by atoms with E-state index in [0.29, 0.717) is 17.0 Å². The van der Waals surface area contributed by atoms with Gasteiger partial charge in [0.25, 0.3) is 0 Å². The summed E-state index contributed by atoms with van der Waals surface area (Å²) < 4.78 is 33.6. The molecule has 5 nitrogen and oxygen atoms in total. The molecule has 1 aliphatic heterocycles. The van der Waals surface area contributed by atoms with Gasteiger partial charge in [-0.25, -0.2) is 0 Å². The van der Waals surface area contributed by atoms with Gasteiger partial charge in [0.2, 0.25) is 5.88 Å². The van der Waals surface area contributed by atoms with Crippen LogP contribution in [0.2, 0.25) is 0 Å². The van der Waals surface area contributed by atoms with Gasteiger partial charge in [-0.3, -0.25) is 15.6 Å². The highest BCUT2D eigenvalue weighted by molar-refractivity contribution is 5.77. The zero-order valence-corrected chi connectivity index (χ0v) is 10.5. The van der Waals surface area contributed by atoms with E-state index in [9.17, 15) is 13.6 Å². The first-order valence-corrected chi connectivity index (χ1v) is 5.66. The third kappa shape index (κ3) is 3.05. The third-order valence-corrected chi connectivity index (χ3v) is 2.59. The maximum absolute atomic E-state index is 12.1. The fourth-order valence-corrected chi connectivity index (χ4v) is 1.68. The van der Waals surface area contributed by atoms with E-state index in [4.69, 9.17) is 4.74 Å². The lowest BCUT2D eigenvalue weighted by Crippen LogP contribution is -2.35. The van der Waals surface area contributed by atoms with Crippen molar-refractivity contribution in [3.05, 3.63) is 53.1 Å². The Morgan fingerprint density at radius 3 is 2.45 bits per heavy atom. The van der Waals surface area contributed by atoms with Crippen LogP contribution in [0.15, 0.2) is 42.0 Å².